The number of carbonyl (C=O) groups excluding carboxylic acids is 3. The molecule has 7 saturated heterocycles. The molecule has 7 aliphatic heterocycles. The molecule has 0 aromatic carbocycles. The summed E-state index contributed by atoms with van der Waals surface area (Å²) in [5.74, 6) is -2.57. The molecule has 1 unspecified atom stereocenters. The highest BCUT2D eigenvalue weighted by Crippen LogP contribution is 2.38. The number of aliphatic hydroxyl groups is 19. The fourth-order valence-electron chi connectivity index (χ4n) is 11.0. The van der Waals surface area contributed by atoms with Crippen molar-refractivity contribution in [1.82, 2.24) is 16.0 Å². The maximum Gasteiger partial charge on any atom is 0.217 e. The number of hydrogen-bond acceptors (Lipinski definition) is 35. The number of aliphatic hydroxyl groups excluding tert-OH is 19. The van der Waals surface area contributed by atoms with Gasteiger partial charge in [-0.15, -0.1) is 0 Å². The zero-order valence-electron chi connectivity index (χ0n) is 46.5. The fraction of sp³-hybridized carbons (Fsp3) is 0.938. The third kappa shape index (κ3) is 15.4. The number of rotatable bonds is 21. The Morgan fingerprint density at radius 2 is 0.686 bits per heavy atom. The van der Waals surface area contributed by atoms with E-state index in [9.17, 15) is 111 Å². The maximum absolute atomic E-state index is 13.1. The molecule has 7 fully saturated rings. The van der Waals surface area contributed by atoms with Gasteiger partial charge in [-0.25, -0.2) is 0 Å². The van der Waals surface area contributed by atoms with Gasteiger partial charge >= 0.3 is 0 Å². The number of hydrogen-bond donors (Lipinski definition) is 22. The van der Waals surface area contributed by atoms with Crippen LogP contribution >= 0.6 is 0 Å². The SMILES string of the molecule is CC(=O)N[C@H]1[C@H](O[C@H]2[C@@H](O)[C@@H](CO[C@@H]3O[C@H](CO)[C@@H](O[C@@H]4O[C@H](CO)[C@H](O)[C@H](O)[C@H]4O)[C@H](O[C@@H]4O[C@@H](C)[C@@H](O)[C@@H](O)[C@@H]4O)[C@H]3NC(C)=O)O[C@@H](O[C@H]3[C@H](O)[C@@H](NC(C)=O)C(O)O[C@@H]3CO)[C@@H]2O)O[C@H](CO)[C@@H](O[C@@H]2O[C@H](CO)[C@H](O)[C@H](O)[C@H]2O)[C@@H]1O. The molecule has 0 bridgehead atoms. The predicted octanol–water partition coefficient (Wildman–Crippen LogP) is -14.8. The van der Waals surface area contributed by atoms with Gasteiger partial charge in [0.2, 0.25) is 17.7 Å². The minimum Gasteiger partial charge on any atom is -0.394 e. The van der Waals surface area contributed by atoms with Crippen LogP contribution in [0.25, 0.3) is 0 Å². The summed E-state index contributed by atoms with van der Waals surface area (Å²) in [7, 11) is 0. The Morgan fingerprint density at radius 3 is 1.19 bits per heavy atom. The van der Waals surface area contributed by atoms with Crippen LogP contribution in [0.2, 0.25) is 0 Å². The molecule has 0 aromatic heterocycles. The molecule has 0 spiro atoms. The minimum atomic E-state index is -2.33. The van der Waals surface area contributed by atoms with Crippen molar-refractivity contribution in [3.8, 4) is 0 Å². The molecule has 3 amide bonds. The van der Waals surface area contributed by atoms with Crippen LogP contribution < -0.4 is 16.0 Å². The fourth-order valence-corrected chi connectivity index (χ4v) is 11.0. The molecule has 7 heterocycles. The van der Waals surface area contributed by atoms with E-state index in [1.807, 2.05) is 0 Å². The van der Waals surface area contributed by atoms with Crippen molar-refractivity contribution in [3.63, 3.8) is 0 Å². The third-order valence-corrected chi connectivity index (χ3v) is 15.7. The lowest BCUT2D eigenvalue weighted by molar-refractivity contribution is -0.385. The second kappa shape index (κ2) is 30.5. The Balaban J connectivity index is 1.23. The molecule has 86 heavy (non-hydrogen) atoms. The first-order valence-electron chi connectivity index (χ1n) is 27.5. The van der Waals surface area contributed by atoms with Crippen LogP contribution in [-0.2, 0) is 76.0 Å². The minimum absolute atomic E-state index is 0.787. The van der Waals surface area contributed by atoms with Crippen LogP contribution in [0, 0.1) is 0 Å². The highest BCUT2D eigenvalue weighted by molar-refractivity contribution is 5.74. The molecule has 498 valence electrons. The first-order chi connectivity index (χ1) is 40.6. The summed E-state index contributed by atoms with van der Waals surface area (Å²) in [6.07, 6.45) is -61.6. The topological polar surface area (TPSA) is 592 Å². The van der Waals surface area contributed by atoms with Gasteiger partial charge in [0.05, 0.1) is 45.7 Å². The summed E-state index contributed by atoms with van der Waals surface area (Å²) >= 11 is 0. The average Bonchev–Trinajstić information content (AvgIpc) is 1.64. The summed E-state index contributed by atoms with van der Waals surface area (Å²) in [4.78, 5) is 38.1. The molecule has 0 aliphatic carbocycles. The molecule has 0 radical (unpaired) electrons. The van der Waals surface area contributed by atoms with Crippen LogP contribution in [0.1, 0.15) is 27.7 Å². The largest absolute Gasteiger partial charge is 0.394 e. The van der Waals surface area contributed by atoms with Gasteiger partial charge in [0.1, 0.15) is 165 Å². The zero-order chi connectivity index (χ0) is 63.5. The van der Waals surface area contributed by atoms with Crippen molar-refractivity contribution in [2.75, 3.05) is 39.6 Å². The Bertz CT molecular complexity index is 2170. The van der Waals surface area contributed by atoms with Gasteiger partial charge in [-0.2, -0.15) is 0 Å². The summed E-state index contributed by atoms with van der Waals surface area (Å²) in [6.45, 7) is -1.73. The van der Waals surface area contributed by atoms with E-state index < -0.39 is 272 Å². The molecule has 38 heteroatoms. The molecule has 22 N–H and O–H groups in total. The quantitative estimate of drug-likeness (QED) is 0.0507. The van der Waals surface area contributed by atoms with E-state index in [2.05, 4.69) is 16.0 Å². The monoisotopic (exact) mass is 1260 g/mol. The van der Waals surface area contributed by atoms with Gasteiger partial charge in [-0.05, 0) is 6.92 Å². The number of nitrogens with one attached hydrogen (secondary N) is 3. The molecule has 7 rings (SSSR count). The standard InChI is InChI=1S/C48H81N3O35/c1-11-24(60)30(66)33(69)45(75-11)85-40-23(51-14(4)59)43(79-19(9-56)39(40)84-47-35(71)32(68)26(62)16(6-53)78-47)74-10-20-27(63)41(36(72)48(81-20)83-37-17(7-54)76-42(73)21(28(37)64)49-12(2)57)86-44-22(50-13(3)58)29(65)38(18(8-55)80-44)82-46-34(70)31(67)25(61)15(5-52)77-46/h11,15-48,52-56,60-73H,5-10H2,1-4H3,(H,49,57)(H,50,58)(H,51,59)/t11-,15+,16+,17+,18+,19+,20+,21+,22+,23+,24+,25-,26-,27-,28+,29+,30+,31-,32-,33-,34+,35+,36+,37+,38+,39+,40+,41-,42?,43+,44-,45-,46-,47-,48-/m0/s1. The van der Waals surface area contributed by atoms with Crippen LogP contribution in [0.3, 0.4) is 0 Å². The highest BCUT2D eigenvalue weighted by Gasteiger charge is 2.59. The molecular weight excluding hydrogens is 1180 g/mol. The number of carbonyl (C=O) groups is 3. The van der Waals surface area contributed by atoms with Gasteiger partial charge in [0, 0.05) is 20.8 Å². The Morgan fingerprint density at radius 1 is 0.326 bits per heavy atom. The molecule has 7 aliphatic rings. The van der Waals surface area contributed by atoms with E-state index in [0.29, 0.717) is 0 Å². The molecule has 35 atom stereocenters. The Labute approximate surface area is 488 Å². The van der Waals surface area contributed by atoms with E-state index in [-0.39, 0.29) is 0 Å². The summed E-state index contributed by atoms with van der Waals surface area (Å²) in [5, 5.41) is 213. The highest BCUT2D eigenvalue weighted by atomic mass is 16.8. The van der Waals surface area contributed by atoms with E-state index in [1.54, 1.807) is 0 Å². The molecular formula is C48H81N3O35. The normalized spacial score (nSPS) is 49.4. The van der Waals surface area contributed by atoms with Gasteiger partial charge in [-0.3, -0.25) is 14.4 Å². The van der Waals surface area contributed by atoms with Gasteiger partial charge in [0.25, 0.3) is 0 Å². The van der Waals surface area contributed by atoms with Crippen molar-refractivity contribution >= 4 is 17.7 Å². The van der Waals surface area contributed by atoms with E-state index in [0.717, 1.165) is 20.8 Å². The second-order valence-electron chi connectivity index (χ2n) is 21.8. The van der Waals surface area contributed by atoms with Gasteiger partial charge in [-0.1, -0.05) is 0 Å². The van der Waals surface area contributed by atoms with E-state index >= 15 is 0 Å². The zero-order valence-corrected chi connectivity index (χ0v) is 46.5. The van der Waals surface area contributed by atoms with Crippen molar-refractivity contribution in [1.29, 1.82) is 0 Å². The van der Waals surface area contributed by atoms with Crippen molar-refractivity contribution in [2.24, 2.45) is 0 Å². The lowest BCUT2D eigenvalue weighted by Gasteiger charge is -2.51. The predicted molar refractivity (Wildman–Crippen MR) is 265 cm³/mol. The van der Waals surface area contributed by atoms with Gasteiger partial charge in [0.15, 0.2) is 44.0 Å². The molecule has 0 saturated carbocycles. The Hall–Kier alpha value is -2.87. The van der Waals surface area contributed by atoms with Crippen LogP contribution in [0.4, 0.5) is 0 Å². The Kier molecular flexibility index (Phi) is 25.0. The summed E-state index contributed by atoms with van der Waals surface area (Å²) in [6, 6.07) is -5.32. The maximum atomic E-state index is 13.1. The van der Waals surface area contributed by atoms with Crippen LogP contribution in [0.5, 0.6) is 0 Å². The molecule has 0 aromatic rings. The average molecular weight is 1260 g/mol. The second-order valence-corrected chi connectivity index (χ2v) is 21.8. The first-order valence-corrected chi connectivity index (χ1v) is 27.5. The summed E-state index contributed by atoms with van der Waals surface area (Å²) in [5.41, 5.74) is 0. The van der Waals surface area contributed by atoms with E-state index in [4.69, 9.17) is 61.6 Å². The van der Waals surface area contributed by atoms with Crippen molar-refractivity contribution in [2.45, 2.75) is 242 Å². The number of ether oxygens (including phenoxy) is 13. The lowest BCUT2D eigenvalue weighted by Crippen LogP contribution is -2.71. The first kappa shape index (κ1) is 70.6. The number of amides is 3. The third-order valence-electron chi connectivity index (χ3n) is 15.7. The lowest BCUT2D eigenvalue weighted by atomic mass is 9.93. The summed E-state index contributed by atoms with van der Waals surface area (Å²) < 4.78 is 76.6. The van der Waals surface area contributed by atoms with Crippen molar-refractivity contribution < 1.29 is 173 Å². The van der Waals surface area contributed by atoms with Crippen LogP contribution in [-0.4, -0.2) is 369 Å². The molecule has 38 nitrogen and oxygen atoms in total. The van der Waals surface area contributed by atoms with Crippen molar-refractivity contribution in [3.05, 3.63) is 0 Å². The van der Waals surface area contributed by atoms with Gasteiger partial charge < -0.3 is 175 Å². The van der Waals surface area contributed by atoms with E-state index in [1.165, 1.54) is 6.92 Å². The smallest absolute Gasteiger partial charge is 0.217 e. The van der Waals surface area contributed by atoms with Crippen LogP contribution in [0.15, 0.2) is 0 Å².